The van der Waals surface area contributed by atoms with Crippen LogP contribution in [0.15, 0.2) is 11.6 Å². The van der Waals surface area contributed by atoms with Gasteiger partial charge in [0, 0.05) is 19.3 Å². The van der Waals surface area contributed by atoms with E-state index < -0.39 is 0 Å². The van der Waals surface area contributed by atoms with Crippen molar-refractivity contribution in [2.75, 3.05) is 0 Å². The van der Waals surface area contributed by atoms with Gasteiger partial charge in [-0.05, 0) is 85.7 Å². The molecule has 0 amide bonds. The van der Waals surface area contributed by atoms with Crippen LogP contribution in [0.1, 0.15) is 72.6 Å². The number of rotatable bonds is 2. The molecule has 0 aromatic carbocycles. The molecule has 0 aromatic heterocycles. The average Bonchev–Trinajstić information content (AvgIpc) is 2.93. The molecule has 4 rings (SSSR count). The lowest BCUT2D eigenvalue weighted by molar-refractivity contribution is -0.153. The summed E-state index contributed by atoms with van der Waals surface area (Å²) in [5.41, 5.74) is 1.07. The van der Waals surface area contributed by atoms with Gasteiger partial charge in [0.2, 0.25) is 0 Å². The van der Waals surface area contributed by atoms with Crippen LogP contribution in [-0.2, 0) is 19.1 Å². The first kappa shape index (κ1) is 18.9. The van der Waals surface area contributed by atoms with Crippen molar-refractivity contribution in [3.8, 4) is 0 Å². The number of hydrogen-bond acceptors (Lipinski definition) is 4. The van der Waals surface area contributed by atoms with Crippen LogP contribution >= 0.6 is 0 Å². The molecule has 27 heavy (non-hydrogen) atoms. The predicted molar refractivity (Wildman–Crippen MR) is 102 cm³/mol. The predicted octanol–water partition coefficient (Wildman–Crippen LogP) is 4.27. The first-order chi connectivity index (χ1) is 12.7. The van der Waals surface area contributed by atoms with E-state index >= 15 is 0 Å². The minimum atomic E-state index is -0.281. The Kier molecular flexibility index (Phi) is 4.40. The molecule has 0 N–H and O–H groups in total. The Labute approximate surface area is 162 Å². The second kappa shape index (κ2) is 6.28. The molecule has 7 atom stereocenters. The molecule has 0 aromatic rings. The molecule has 0 aliphatic heterocycles. The van der Waals surface area contributed by atoms with Crippen LogP contribution in [0.3, 0.4) is 0 Å². The maximum Gasteiger partial charge on any atom is 0.303 e. The molecule has 4 aliphatic carbocycles. The van der Waals surface area contributed by atoms with E-state index in [2.05, 4.69) is 13.8 Å². The van der Waals surface area contributed by atoms with Gasteiger partial charge in [-0.15, -0.1) is 0 Å². The highest BCUT2D eigenvalue weighted by Gasteiger charge is 2.61. The van der Waals surface area contributed by atoms with Crippen molar-refractivity contribution in [1.82, 2.24) is 0 Å². The summed E-state index contributed by atoms with van der Waals surface area (Å²) in [6.07, 6.45) is 8.06. The smallest absolute Gasteiger partial charge is 0.303 e. The van der Waals surface area contributed by atoms with E-state index in [0.29, 0.717) is 30.0 Å². The molecule has 148 valence electrons. The van der Waals surface area contributed by atoms with Gasteiger partial charge in [-0.1, -0.05) is 13.8 Å². The molecule has 0 unspecified atom stereocenters. The van der Waals surface area contributed by atoms with E-state index in [-0.39, 0.29) is 34.6 Å². The fraction of sp³-hybridized carbons (Fsp3) is 0.783. The standard InChI is InChI=1S/C23H32O4/c1-13(24)17-5-6-18-16-12-21(27-14(2)25)20-11-15(26)7-9-23(20,4)19(16)8-10-22(17,18)3/h11,16-19,21H,5-10,12H2,1-4H3/t16-,17+,18-,19-,21+,22+,23-/m1/s1. The average molecular weight is 373 g/mol. The molecule has 0 bridgehead atoms. The summed E-state index contributed by atoms with van der Waals surface area (Å²) in [5.74, 6) is 1.90. The number of carbonyl (C=O) groups excluding carboxylic acids is 3. The van der Waals surface area contributed by atoms with Gasteiger partial charge < -0.3 is 4.74 Å². The van der Waals surface area contributed by atoms with Gasteiger partial charge in [0.15, 0.2) is 5.78 Å². The van der Waals surface area contributed by atoms with Crippen LogP contribution in [0, 0.1) is 34.5 Å². The zero-order valence-corrected chi connectivity index (χ0v) is 17.0. The molecular formula is C23H32O4. The van der Waals surface area contributed by atoms with Gasteiger partial charge in [-0.3, -0.25) is 14.4 Å². The molecule has 4 aliphatic rings. The maximum atomic E-state index is 12.3. The Hall–Kier alpha value is -1.45. The lowest BCUT2D eigenvalue weighted by Crippen LogP contribution is -2.54. The SMILES string of the molecule is CC(=O)O[C@H]1C[C@@H]2[C@H]3CC[C@@H](C(C)=O)[C@]3(C)CC[C@H]2[C@@]2(C)CCC(=O)C=C12. The Bertz CT molecular complexity index is 722. The second-order valence-corrected chi connectivity index (χ2v) is 9.98. The van der Waals surface area contributed by atoms with E-state index in [0.717, 1.165) is 44.1 Å². The van der Waals surface area contributed by atoms with Crippen LogP contribution in [0.5, 0.6) is 0 Å². The second-order valence-electron chi connectivity index (χ2n) is 9.98. The van der Waals surface area contributed by atoms with Crippen molar-refractivity contribution in [1.29, 1.82) is 0 Å². The number of fused-ring (bicyclic) bond motifs is 5. The van der Waals surface area contributed by atoms with Crippen molar-refractivity contribution in [3.05, 3.63) is 11.6 Å². The lowest BCUT2D eigenvalue weighted by Gasteiger charge is -2.59. The molecule has 0 saturated heterocycles. The minimum absolute atomic E-state index is 0.0629. The summed E-state index contributed by atoms with van der Waals surface area (Å²) in [4.78, 5) is 36.2. The van der Waals surface area contributed by atoms with Crippen LogP contribution in [0.4, 0.5) is 0 Å². The highest BCUT2D eigenvalue weighted by molar-refractivity contribution is 5.92. The van der Waals surface area contributed by atoms with Crippen molar-refractivity contribution in [3.63, 3.8) is 0 Å². The monoisotopic (exact) mass is 372 g/mol. The Morgan fingerprint density at radius 3 is 2.48 bits per heavy atom. The van der Waals surface area contributed by atoms with Crippen molar-refractivity contribution < 1.29 is 19.1 Å². The van der Waals surface area contributed by atoms with E-state index in [1.165, 1.54) is 6.92 Å². The largest absolute Gasteiger partial charge is 0.458 e. The van der Waals surface area contributed by atoms with Gasteiger partial charge in [-0.25, -0.2) is 0 Å². The Balaban J connectivity index is 1.73. The zero-order valence-electron chi connectivity index (χ0n) is 17.0. The first-order valence-corrected chi connectivity index (χ1v) is 10.6. The topological polar surface area (TPSA) is 60.4 Å². The maximum absolute atomic E-state index is 12.3. The third kappa shape index (κ3) is 2.74. The van der Waals surface area contributed by atoms with E-state index in [1.54, 1.807) is 13.0 Å². The summed E-state index contributed by atoms with van der Waals surface area (Å²) in [5, 5.41) is 0. The van der Waals surface area contributed by atoms with E-state index in [1.807, 2.05) is 0 Å². The van der Waals surface area contributed by atoms with Crippen molar-refractivity contribution in [2.24, 2.45) is 34.5 Å². The highest BCUT2D eigenvalue weighted by atomic mass is 16.5. The number of hydrogen-bond donors (Lipinski definition) is 0. The number of esters is 1. The van der Waals surface area contributed by atoms with Crippen LogP contribution in [-0.4, -0.2) is 23.6 Å². The third-order valence-corrected chi connectivity index (χ3v) is 8.75. The highest BCUT2D eigenvalue weighted by Crippen LogP contribution is 2.66. The lowest BCUT2D eigenvalue weighted by atomic mass is 9.46. The Morgan fingerprint density at radius 2 is 1.81 bits per heavy atom. The number of ketones is 2. The molecule has 4 nitrogen and oxygen atoms in total. The van der Waals surface area contributed by atoms with Gasteiger partial charge >= 0.3 is 5.97 Å². The van der Waals surface area contributed by atoms with Gasteiger partial charge in [0.25, 0.3) is 0 Å². The Morgan fingerprint density at radius 1 is 1.07 bits per heavy atom. The fourth-order valence-electron chi connectivity index (χ4n) is 7.56. The number of ether oxygens (including phenoxy) is 1. The fourth-order valence-corrected chi connectivity index (χ4v) is 7.56. The normalized spacial score (nSPS) is 46.0. The molecule has 4 heteroatoms. The van der Waals surface area contributed by atoms with Crippen LogP contribution in [0.2, 0.25) is 0 Å². The quantitative estimate of drug-likeness (QED) is 0.679. The zero-order chi connectivity index (χ0) is 19.6. The van der Waals surface area contributed by atoms with E-state index in [9.17, 15) is 14.4 Å². The summed E-state index contributed by atoms with van der Waals surface area (Å²) in [6.45, 7) is 7.83. The van der Waals surface area contributed by atoms with Crippen molar-refractivity contribution >= 4 is 17.5 Å². The summed E-state index contributed by atoms with van der Waals surface area (Å²) in [7, 11) is 0. The summed E-state index contributed by atoms with van der Waals surface area (Å²) in [6, 6.07) is 0. The summed E-state index contributed by atoms with van der Waals surface area (Å²) >= 11 is 0. The van der Waals surface area contributed by atoms with Crippen LogP contribution < -0.4 is 0 Å². The molecule has 0 spiro atoms. The number of Topliss-reactive ketones (excluding diaryl/α,β-unsaturated/α-hetero) is 1. The molecular weight excluding hydrogens is 340 g/mol. The van der Waals surface area contributed by atoms with E-state index in [4.69, 9.17) is 4.74 Å². The van der Waals surface area contributed by atoms with Gasteiger partial charge in [0.1, 0.15) is 11.9 Å². The van der Waals surface area contributed by atoms with Gasteiger partial charge in [-0.2, -0.15) is 0 Å². The molecule has 0 heterocycles. The van der Waals surface area contributed by atoms with Gasteiger partial charge in [0.05, 0.1) is 0 Å². The minimum Gasteiger partial charge on any atom is -0.458 e. The third-order valence-electron chi connectivity index (χ3n) is 8.75. The summed E-state index contributed by atoms with van der Waals surface area (Å²) < 4.78 is 5.75. The van der Waals surface area contributed by atoms with Crippen LogP contribution in [0.25, 0.3) is 0 Å². The molecule has 0 radical (unpaired) electrons. The molecule has 3 saturated carbocycles. The first-order valence-electron chi connectivity index (χ1n) is 10.6. The molecule has 3 fully saturated rings. The number of carbonyl (C=O) groups is 3. The van der Waals surface area contributed by atoms with Crippen molar-refractivity contribution in [2.45, 2.75) is 78.7 Å².